The molecule has 0 amide bonds. The molecule has 2 aromatic rings. The van der Waals surface area contributed by atoms with Crippen LogP contribution in [0.1, 0.15) is 15.9 Å². The molecule has 1 aromatic heterocycles. The van der Waals surface area contributed by atoms with Gasteiger partial charge in [0.05, 0.1) is 11.3 Å². The van der Waals surface area contributed by atoms with E-state index in [1.165, 1.54) is 41.1 Å². The molecule has 4 nitrogen and oxygen atoms in total. The summed E-state index contributed by atoms with van der Waals surface area (Å²) in [5, 5.41) is 8.89. The number of pyridine rings is 1. The molecule has 18 heavy (non-hydrogen) atoms. The summed E-state index contributed by atoms with van der Waals surface area (Å²) in [6.07, 6.45) is 1.23. The van der Waals surface area contributed by atoms with Crippen LogP contribution in [0.2, 0.25) is 0 Å². The van der Waals surface area contributed by atoms with Crippen LogP contribution < -0.4 is 5.56 Å². The van der Waals surface area contributed by atoms with Gasteiger partial charge < -0.3 is 5.11 Å². The first-order valence-corrected chi connectivity index (χ1v) is 5.21. The number of rotatable bonds is 2. The van der Waals surface area contributed by atoms with Crippen molar-refractivity contribution in [3.05, 3.63) is 63.8 Å². The van der Waals surface area contributed by atoms with Crippen molar-refractivity contribution < 1.29 is 14.3 Å². The first-order valence-electron chi connectivity index (χ1n) is 5.21. The number of aromatic nitrogens is 1. The number of carboxylic acid groups (broad SMARTS) is 1. The summed E-state index contributed by atoms with van der Waals surface area (Å²) in [7, 11) is 0. The summed E-state index contributed by atoms with van der Waals surface area (Å²) >= 11 is 0. The smallest absolute Gasteiger partial charge is 0.337 e. The molecule has 1 heterocycles. The summed E-state index contributed by atoms with van der Waals surface area (Å²) in [6.45, 7) is 1.65. The summed E-state index contributed by atoms with van der Waals surface area (Å²) in [5.41, 5.74) is 0.650. The zero-order valence-corrected chi connectivity index (χ0v) is 9.55. The Labute approximate surface area is 102 Å². The van der Waals surface area contributed by atoms with E-state index in [0.717, 1.165) is 0 Å². The highest BCUT2D eigenvalue weighted by Gasteiger charge is 2.08. The van der Waals surface area contributed by atoms with Crippen LogP contribution in [0.25, 0.3) is 5.69 Å². The largest absolute Gasteiger partial charge is 0.478 e. The minimum absolute atomic E-state index is 0.00155. The van der Waals surface area contributed by atoms with Crippen LogP contribution in [0.4, 0.5) is 4.39 Å². The van der Waals surface area contributed by atoms with Crippen LogP contribution in [0.5, 0.6) is 0 Å². The van der Waals surface area contributed by atoms with Crippen LogP contribution in [0, 0.1) is 12.7 Å². The molecule has 0 aliphatic carbocycles. The molecule has 0 saturated heterocycles. The number of hydrogen-bond donors (Lipinski definition) is 1. The molecule has 0 bridgehead atoms. The zero-order chi connectivity index (χ0) is 13.3. The van der Waals surface area contributed by atoms with Gasteiger partial charge in [0.25, 0.3) is 5.56 Å². The number of aromatic carboxylic acids is 1. The van der Waals surface area contributed by atoms with Crippen LogP contribution in [0.3, 0.4) is 0 Å². The number of halogens is 1. The normalized spacial score (nSPS) is 10.3. The van der Waals surface area contributed by atoms with E-state index in [-0.39, 0.29) is 11.1 Å². The predicted molar refractivity (Wildman–Crippen MR) is 63.7 cm³/mol. The maximum absolute atomic E-state index is 13.0. The third-order valence-electron chi connectivity index (χ3n) is 2.58. The van der Waals surface area contributed by atoms with Crippen LogP contribution in [0.15, 0.2) is 41.3 Å². The molecule has 0 spiro atoms. The van der Waals surface area contributed by atoms with Crippen molar-refractivity contribution in [1.82, 2.24) is 4.57 Å². The van der Waals surface area contributed by atoms with Gasteiger partial charge in [0, 0.05) is 12.3 Å². The Morgan fingerprint density at radius 2 is 2.00 bits per heavy atom. The van der Waals surface area contributed by atoms with Crippen LogP contribution >= 0.6 is 0 Å². The fourth-order valence-corrected chi connectivity index (χ4v) is 1.69. The molecule has 92 valence electrons. The number of benzene rings is 1. The summed E-state index contributed by atoms with van der Waals surface area (Å²) < 4.78 is 14.2. The van der Waals surface area contributed by atoms with Crippen LogP contribution in [-0.2, 0) is 0 Å². The number of hydrogen-bond acceptors (Lipinski definition) is 2. The molecule has 0 fully saturated rings. The lowest BCUT2D eigenvalue weighted by atomic mass is 10.2. The van der Waals surface area contributed by atoms with Crippen molar-refractivity contribution in [2.45, 2.75) is 6.92 Å². The molecular formula is C13H10FNO3. The molecule has 5 heteroatoms. The van der Waals surface area contributed by atoms with Gasteiger partial charge in [-0.1, -0.05) is 0 Å². The van der Waals surface area contributed by atoms with Crippen molar-refractivity contribution in [2.75, 3.05) is 0 Å². The van der Waals surface area contributed by atoms with Gasteiger partial charge in [0.15, 0.2) is 0 Å². The summed E-state index contributed by atoms with van der Waals surface area (Å²) in [5.74, 6) is -1.53. The number of carboxylic acids is 1. The van der Waals surface area contributed by atoms with Gasteiger partial charge in [-0.3, -0.25) is 9.36 Å². The van der Waals surface area contributed by atoms with E-state index in [2.05, 4.69) is 0 Å². The van der Waals surface area contributed by atoms with Gasteiger partial charge in [0.1, 0.15) is 5.82 Å². The highest BCUT2D eigenvalue weighted by molar-refractivity contribution is 5.87. The third-order valence-corrected chi connectivity index (χ3v) is 2.58. The number of nitrogens with zero attached hydrogens (tertiary/aromatic N) is 1. The van der Waals surface area contributed by atoms with Gasteiger partial charge in [-0.15, -0.1) is 0 Å². The molecular weight excluding hydrogens is 237 g/mol. The Balaban J connectivity index is 2.66. The van der Waals surface area contributed by atoms with Crippen molar-refractivity contribution in [1.29, 1.82) is 0 Å². The molecule has 1 aromatic carbocycles. The molecule has 1 N–H and O–H groups in total. The maximum Gasteiger partial charge on any atom is 0.337 e. The van der Waals surface area contributed by atoms with Gasteiger partial charge in [-0.05, 0) is 36.8 Å². The fraction of sp³-hybridized carbons (Fsp3) is 0.0769. The van der Waals surface area contributed by atoms with Crippen molar-refractivity contribution >= 4 is 5.97 Å². The van der Waals surface area contributed by atoms with Crippen molar-refractivity contribution in [3.8, 4) is 5.69 Å². The number of carbonyl (C=O) groups is 1. The molecule has 0 aliphatic rings. The second-order valence-electron chi connectivity index (χ2n) is 3.86. The summed E-state index contributed by atoms with van der Waals surface area (Å²) in [6, 6.07) is 6.36. The van der Waals surface area contributed by atoms with E-state index in [4.69, 9.17) is 5.11 Å². The first-order chi connectivity index (χ1) is 8.49. The van der Waals surface area contributed by atoms with E-state index < -0.39 is 11.8 Å². The van der Waals surface area contributed by atoms with E-state index >= 15 is 0 Å². The van der Waals surface area contributed by atoms with E-state index in [1.54, 1.807) is 6.92 Å². The molecule has 0 saturated carbocycles. The van der Waals surface area contributed by atoms with E-state index in [9.17, 15) is 14.0 Å². The average Bonchev–Trinajstić information content (AvgIpc) is 2.30. The topological polar surface area (TPSA) is 59.3 Å². The van der Waals surface area contributed by atoms with Gasteiger partial charge in [-0.25, -0.2) is 9.18 Å². The highest BCUT2D eigenvalue weighted by Crippen LogP contribution is 2.14. The monoisotopic (exact) mass is 247 g/mol. The molecule has 0 radical (unpaired) electrons. The number of aryl methyl sites for hydroxylation is 1. The minimum Gasteiger partial charge on any atom is -0.478 e. The molecule has 0 atom stereocenters. The summed E-state index contributed by atoms with van der Waals surface area (Å²) in [4.78, 5) is 22.6. The zero-order valence-electron chi connectivity index (χ0n) is 9.55. The molecule has 0 unspecified atom stereocenters. The second-order valence-corrected chi connectivity index (χ2v) is 3.86. The average molecular weight is 247 g/mol. The third kappa shape index (κ3) is 2.15. The lowest BCUT2D eigenvalue weighted by molar-refractivity contribution is 0.0696. The Bertz CT molecular complexity index is 676. The van der Waals surface area contributed by atoms with Gasteiger partial charge >= 0.3 is 5.97 Å². The SMILES string of the molecule is Cc1cc(F)ccc1-n1cc(C(=O)O)ccc1=O. The lowest BCUT2D eigenvalue weighted by Crippen LogP contribution is -2.19. The fourth-order valence-electron chi connectivity index (χ4n) is 1.69. The Kier molecular flexibility index (Phi) is 2.97. The standard InChI is InChI=1S/C13H10FNO3/c1-8-6-10(14)3-4-11(8)15-7-9(13(17)18)2-5-12(15)16/h2-7H,1H3,(H,17,18). The first kappa shape index (κ1) is 12.0. The maximum atomic E-state index is 13.0. The van der Waals surface area contributed by atoms with Gasteiger partial charge in [0.2, 0.25) is 0 Å². The second kappa shape index (κ2) is 4.44. The molecule has 0 aliphatic heterocycles. The Hall–Kier alpha value is -2.43. The van der Waals surface area contributed by atoms with Crippen molar-refractivity contribution in [2.24, 2.45) is 0 Å². The van der Waals surface area contributed by atoms with Crippen molar-refractivity contribution in [3.63, 3.8) is 0 Å². The Morgan fingerprint density at radius 1 is 1.28 bits per heavy atom. The minimum atomic E-state index is -1.12. The highest BCUT2D eigenvalue weighted by atomic mass is 19.1. The van der Waals surface area contributed by atoms with E-state index in [1.807, 2.05) is 0 Å². The van der Waals surface area contributed by atoms with Crippen LogP contribution in [-0.4, -0.2) is 15.6 Å². The van der Waals surface area contributed by atoms with E-state index in [0.29, 0.717) is 11.3 Å². The molecule has 2 rings (SSSR count). The quantitative estimate of drug-likeness (QED) is 0.882. The predicted octanol–water partition coefficient (Wildman–Crippen LogP) is 1.98. The lowest BCUT2D eigenvalue weighted by Gasteiger charge is -2.09. The Morgan fingerprint density at radius 3 is 2.61 bits per heavy atom. The van der Waals surface area contributed by atoms with Gasteiger partial charge in [-0.2, -0.15) is 0 Å².